The molecule has 5 aromatic carbocycles. The van der Waals surface area contributed by atoms with Crippen LogP contribution in [0.1, 0.15) is 18.4 Å². The van der Waals surface area contributed by atoms with E-state index in [1.54, 1.807) is 36.4 Å². The van der Waals surface area contributed by atoms with Gasteiger partial charge in [-0.25, -0.2) is 25.3 Å². The quantitative estimate of drug-likeness (QED) is 0.0772. The first kappa shape index (κ1) is 39.8. The third-order valence-electron chi connectivity index (χ3n) is 10.5. The Labute approximate surface area is 331 Å². The highest BCUT2D eigenvalue weighted by molar-refractivity contribution is 7.90. The van der Waals surface area contributed by atoms with E-state index in [0.717, 1.165) is 5.56 Å². The summed E-state index contributed by atoms with van der Waals surface area (Å²) in [7, 11) is -12.8. The summed E-state index contributed by atoms with van der Waals surface area (Å²) in [5.41, 5.74) is 1.02. The zero-order valence-corrected chi connectivity index (χ0v) is 33.8. The van der Waals surface area contributed by atoms with Crippen molar-refractivity contribution in [2.75, 3.05) is 85.5 Å². The lowest BCUT2D eigenvalue weighted by Crippen LogP contribution is -2.41. The molecule has 0 radical (unpaired) electrons. The molecule has 15 nitrogen and oxygen atoms in total. The molecule has 0 spiro atoms. The van der Waals surface area contributed by atoms with Crippen molar-refractivity contribution in [2.24, 2.45) is 0 Å². The maximum absolute atomic E-state index is 14.5. The topological polar surface area (TPSA) is 175 Å². The van der Waals surface area contributed by atoms with Crippen molar-refractivity contribution in [3.05, 3.63) is 66.2 Å². The first-order valence-electron chi connectivity index (χ1n) is 18.8. The number of aryl methyl sites for hydroxylation is 1. The van der Waals surface area contributed by atoms with E-state index in [1.807, 2.05) is 19.1 Å². The van der Waals surface area contributed by atoms with Gasteiger partial charge in [0.2, 0.25) is 30.1 Å². The summed E-state index contributed by atoms with van der Waals surface area (Å²) in [6.45, 7) is 3.61. The summed E-state index contributed by atoms with van der Waals surface area (Å²) in [5.74, 6) is 0.132. The summed E-state index contributed by atoms with van der Waals surface area (Å²) in [5, 5.41) is 1.81. The smallest absolute Gasteiger partial charge is 0.311 e. The number of hydrogen-bond donors (Lipinski definition) is 0. The van der Waals surface area contributed by atoms with Crippen LogP contribution in [0.3, 0.4) is 0 Å². The SMILES string of the molecule is Cc1ccc(OC(=O)CCCOc2cc(S(=O)(=O)N3CCOCC3)c3ccc4c(S(=O)(=O)N5CCOCC5)cc(S(=O)(=O)N5CCOCC5)c5ccc2c3c54)cc1. The van der Waals surface area contributed by atoms with Crippen molar-refractivity contribution in [1.82, 2.24) is 12.9 Å². The Bertz CT molecular complexity index is 2570. The third kappa shape index (κ3) is 7.58. The van der Waals surface area contributed by atoms with Gasteiger partial charge in [-0.1, -0.05) is 35.9 Å². The second kappa shape index (κ2) is 16.0. The van der Waals surface area contributed by atoms with Crippen molar-refractivity contribution in [1.29, 1.82) is 0 Å². The number of morpholine rings is 3. The van der Waals surface area contributed by atoms with Crippen molar-refractivity contribution < 1.29 is 53.7 Å². The van der Waals surface area contributed by atoms with E-state index >= 15 is 0 Å². The molecule has 0 amide bonds. The number of hydrogen-bond acceptors (Lipinski definition) is 12. The Morgan fingerprint density at radius 1 is 0.579 bits per heavy atom. The van der Waals surface area contributed by atoms with Gasteiger partial charge in [0.05, 0.1) is 60.9 Å². The van der Waals surface area contributed by atoms with Crippen LogP contribution in [0.15, 0.2) is 75.4 Å². The predicted octanol–water partition coefficient (Wildman–Crippen LogP) is 3.72. The minimum Gasteiger partial charge on any atom is -0.493 e. The molecule has 8 rings (SSSR count). The molecule has 57 heavy (non-hydrogen) atoms. The molecule has 304 valence electrons. The molecule has 0 aromatic heterocycles. The van der Waals surface area contributed by atoms with Crippen molar-refractivity contribution in [3.63, 3.8) is 0 Å². The molecule has 3 fully saturated rings. The lowest BCUT2D eigenvalue weighted by atomic mass is 9.93. The molecular formula is C39H43N3O12S3. The van der Waals surface area contributed by atoms with E-state index in [4.69, 9.17) is 23.7 Å². The number of esters is 1. The highest BCUT2D eigenvalue weighted by atomic mass is 32.2. The maximum atomic E-state index is 14.5. The summed E-state index contributed by atoms with van der Waals surface area (Å²) in [4.78, 5) is 12.2. The number of nitrogens with zero attached hydrogens (tertiary/aromatic N) is 3. The first-order chi connectivity index (χ1) is 27.4. The molecule has 18 heteroatoms. The molecule has 0 bridgehead atoms. The van der Waals surface area contributed by atoms with Crippen LogP contribution in [0.25, 0.3) is 32.3 Å². The highest BCUT2D eigenvalue weighted by Gasteiger charge is 2.36. The molecule has 3 aliphatic rings. The largest absolute Gasteiger partial charge is 0.493 e. The van der Waals surface area contributed by atoms with Gasteiger partial charge in [0.1, 0.15) is 11.5 Å². The summed E-state index contributed by atoms with van der Waals surface area (Å²) < 4.78 is 119. The number of ether oxygens (including phenoxy) is 5. The summed E-state index contributed by atoms with van der Waals surface area (Å²) in [6, 6.07) is 16.2. The van der Waals surface area contributed by atoms with Gasteiger partial charge in [-0.3, -0.25) is 4.79 Å². The van der Waals surface area contributed by atoms with Crippen LogP contribution in [0.4, 0.5) is 0 Å². The van der Waals surface area contributed by atoms with Crippen LogP contribution in [-0.4, -0.2) is 130 Å². The zero-order valence-electron chi connectivity index (χ0n) is 31.3. The van der Waals surface area contributed by atoms with Crippen molar-refractivity contribution >= 4 is 68.4 Å². The van der Waals surface area contributed by atoms with Crippen LogP contribution in [0.5, 0.6) is 11.5 Å². The van der Waals surface area contributed by atoms with Crippen LogP contribution in [0, 0.1) is 6.92 Å². The molecule has 5 aromatic rings. The second-order valence-corrected chi connectivity index (χ2v) is 19.8. The number of sulfonamides is 3. The van der Waals surface area contributed by atoms with Crippen LogP contribution < -0.4 is 9.47 Å². The average molecular weight is 842 g/mol. The maximum Gasteiger partial charge on any atom is 0.311 e. The third-order valence-corrected chi connectivity index (χ3v) is 16.4. The Balaban J connectivity index is 1.29. The molecule has 0 unspecified atom stereocenters. The van der Waals surface area contributed by atoms with Gasteiger partial charge in [0, 0.05) is 84.1 Å². The molecule has 3 saturated heterocycles. The molecule has 0 saturated carbocycles. The number of carbonyl (C=O) groups is 1. The van der Waals surface area contributed by atoms with Gasteiger partial charge in [-0.2, -0.15) is 12.9 Å². The van der Waals surface area contributed by atoms with Crippen LogP contribution >= 0.6 is 0 Å². The standard InChI is InChI=1S/C39H43N3O12S3/c1-27-4-6-28(7-5-27)54-37(43)3-2-18-53-33-25-34(55(44,45)40-12-19-50-20-13-40)30-10-11-32-36(57(48,49)42-16-23-52-24-17-42)26-35(31-9-8-29(33)38(30)39(31)32)56(46,47)41-14-21-51-22-15-41/h4-11,25-26H,2-3,12-24H2,1H3. The fourth-order valence-corrected chi connectivity index (χ4v) is 12.5. The highest BCUT2D eigenvalue weighted by Crippen LogP contribution is 2.46. The van der Waals surface area contributed by atoms with Gasteiger partial charge in [-0.15, -0.1) is 0 Å². The average Bonchev–Trinajstić information content (AvgIpc) is 3.23. The number of benzene rings is 5. The lowest BCUT2D eigenvalue weighted by molar-refractivity contribution is -0.134. The minimum atomic E-state index is -4.29. The van der Waals surface area contributed by atoms with Crippen molar-refractivity contribution in [3.8, 4) is 11.5 Å². The Hall–Kier alpha value is -3.98. The van der Waals surface area contributed by atoms with E-state index < -0.39 is 36.0 Å². The van der Waals surface area contributed by atoms with Gasteiger partial charge < -0.3 is 23.7 Å². The van der Waals surface area contributed by atoms with E-state index in [-0.39, 0.29) is 140 Å². The summed E-state index contributed by atoms with van der Waals surface area (Å²) >= 11 is 0. The molecule has 3 heterocycles. The minimum absolute atomic E-state index is 0.0112. The molecular weight excluding hydrogens is 799 g/mol. The monoisotopic (exact) mass is 841 g/mol. The van der Waals surface area contributed by atoms with E-state index in [0.29, 0.717) is 16.5 Å². The molecule has 0 aliphatic carbocycles. The predicted molar refractivity (Wildman–Crippen MR) is 210 cm³/mol. The van der Waals surface area contributed by atoms with Gasteiger partial charge in [0.15, 0.2) is 0 Å². The van der Waals surface area contributed by atoms with Gasteiger partial charge in [-0.05, 0) is 37.6 Å². The molecule has 3 aliphatic heterocycles. The summed E-state index contributed by atoms with van der Waals surface area (Å²) in [6.07, 6.45) is 0.256. The fraction of sp³-hybridized carbons (Fsp3) is 0.410. The van der Waals surface area contributed by atoms with E-state index in [2.05, 4.69) is 0 Å². The molecule has 0 atom stereocenters. The van der Waals surface area contributed by atoms with Crippen LogP contribution in [-0.2, 0) is 49.1 Å². The van der Waals surface area contributed by atoms with Crippen molar-refractivity contribution in [2.45, 2.75) is 34.5 Å². The lowest BCUT2D eigenvalue weighted by Gasteiger charge is -2.30. The van der Waals surface area contributed by atoms with Gasteiger partial charge in [0.25, 0.3) is 0 Å². The van der Waals surface area contributed by atoms with Gasteiger partial charge >= 0.3 is 5.97 Å². The van der Waals surface area contributed by atoms with E-state index in [9.17, 15) is 30.0 Å². The normalized spacial score (nSPS) is 18.4. The van der Waals surface area contributed by atoms with E-state index in [1.165, 1.54) is 25.0 Å². The van der Waals surface area contributed by atoms with Crippen LogP contribution in [0.2, 0.25) is 0 Å². The Morgan fingerprint density at radius 3 is 1.44 bits per heavy atom. The first-order valence-corrected chi connectivity index (χ1v) is 23.1. The Morgan fingerprint density at radius 2 is 0.982 bits per heavy atom. The zero-order chi connectivity index (χ0) is 40.0. The Kier molecular flexibility index (Phi) is 11.2. The second-order valence-electron chi connectivity index (χ2n) is 14.1. The number of rotatable bonds is 12. The number of carbonyl (C=O) groups excluding carboxylic acids is 1. The fourth-order valence-electron chi connectivity index (χ4n) is 7.59. The molecule has 0 N–H and O–H groups in total.